The van der Waals surface area contributed by atoms with E-state index in [1.165, 1.54) is 5.56 Å². The molecule has 2 N–H and O–H groups in total. The highest BCUT2D eigenvalue weighted by molar-refractivity contribution is 5.75. The molecular weight excluding hydrogens is 238 g/mol. The van der Waals surface area contributed by atoms with Crippen LogP contribution < -0.4 is 5.32 Å². The molecule has 0 bridgehead atoms. The number of aryl methyl sites for hydroxylation is 1. The van der Waals surface area contributed by atoms with Crippen molar-refractivity contribution >= 4 is 5.91 Å². The maximum absolute atomic E-state index is 11.6. The van der Waals surface area contributed by atoms with Crippen LogP contribution in [0.2, 0.25) is 0 Å². The van der Waals surface area contributed by atoms with Crippen LogP contribution in [0.1, 0.15) is 38.7 Å². The second kappa shape index (κ2) is 8.70. The molecule has 2 atom stereocenters. The SMILES string of the molecule is CCC(C)C(O)CNC(=O)CCCc1ccccc1. The number of nitrogens with one attached hydrogen (secondary N) is 1. The van der Waals surface area contributed by atoms with E-state index in [4.69, 9.17) is 0 Å². The molecule has 1 amide bonds. The third-order valence-corrected chi connectivity index (χ3v) is 3.52. The predicted octanol–water partition coefficient (Wildman–Crippen LogP) is 2.53. The first-order valence-corrected chi connectivity index (χ1v) is 7.12. The lowest BCUT2D eigenvalue weighted by Crippen LogP contribution is -2.35. The van der Waals surface area contributed by atoms with Crippen molar-refractivity contribution in [2.45, 2.75) is 45.6 Å². The van der Waals surface area contributed by atoms with Crippen molar-refractivity contribution in [1.82, 2.24) is 5.32 Å². The molecule has 0 radical (unpaired) electrons. The van der Waals surface area contributed by atoms with Crippen LogP contribution in [0.3, 0.4) is 0 Å². The van der Waals surface area contributed by atoms with Gasteiger partial charge >= 0.3 is 0 Å². The van der Waals surface area contributed by atoms with Crippen LogP contribution in [0.4, 0.5) is 0 Å². The molecule has 3 nitrogen and oxygen atoms in total. The summed E-state index contributed by atoms with van der Waals surface area (Å²) in [5.41, 5.74) is 1.26. The first kappa shape index (κ1) is 15.7. The molecule has 1 aromatic carbocycles. The molecular formula is C16H25NO2. The van der Waals surface area contributed by atoms with Gasteiger partial charge in [0.25, 0.3) is 0 Å². The van der Waals surface area contributed by atoms with Crippen molar-refractivity contribution in [3.63, 3.8) is 0 Å². The Morgan fingerprint density at radius 2 is 2.00 bits per heavy atom. The molecule has 0 saturated heterocycles. The highest BCUT2D eigenvalue weighted by Gasteiger charge is 2.12. The van der Waals surface area contributed by atoms with Crippen molar-refractivity contribution in [2.24, 2.45) is 5.92 Å². The Balaban J connectivity index is 2.15. The molecule has 106 valence electrons. The van der Waals surface area contributed by atoms with Gasteiger partial charge in [0.05, 0.1) is 6.10 Å². The van der Waals surface area contributed by atoms with Crippen molar-refractivity contribution in [3.05, 3.63) is 35.9 Å². The Hall–Kier alpha value is -1.35. The van der Waals surface area contributed by atoms with Gasteiger partial charge in [-0.3, -0.25) is 4.79 Å². The normalized spacial score (nSPS) is 13.8. The molecule has 0 aliphatic rings. The minimum absolute atomic E-state index is 0.0262. The second-order valence-electron chi connectivity index (χ2n) is 5.10. The van der Waals surface area contributed by atoms with Gasteiger partial charge in [-0.1, -0.05) is 50.6 Å². The lowest BCUT2D eigenvalue weighted by atomic mass is 10.0. The first-order chi connectivity index (χ1) is 9.13. The molecule has 19 heavy (non-hydrogen) atoms. The molecule has 0 fully saturated rings. The average molecular weight is 263 g/mol. The maximum Gasteiger partial charge on any atom is 0.220 e. The van der Waals surface area contributed by atoms with Gasteiger partial charge in [-0.15, -0.1) is 0 Å². The molecule has 0 spiro atoms. The summed E-state index contributed by atoms with van der Waals surface area (Å²) in [6.45, 7) is 4.39. The van der Waals surface area contributed by atoms with Crippen LogP contribution in [-0.4, -0.2) is 23.7 Å². The van der Waals surface area contributed by atoms with E-state index in [2.05, 4.69) is 17.4 Å². The van der Waals surface area contributed by atoms with E-state index in [9.17, 15) is 9.90 Å². The van der Waals surface area contributed by atoms with Crippen LogP contribution in [0, 0.1) is 5.92 Å². The number of rotatable bonds is 8. The summed E-state index contributed by atoms with van der Waals surface area (Å²) in [4.78, 5) is 11.6. The zero-order valence-electron chi connectivity index (χ0n) is 11.9. The Morgan fingerprint density at radius 3 is 2.63 bits per heavy atom. The fraction of sp³-hybridized carbons (Fsp3) is 0.562. The molecule has 1 rings (SSSR count). The number of aliphatic hydroxyl groups excluding tert-OH is 1. The summed E-state index contributed by atoms with van der Waals surface area (Å²) in [5.74, 6) is 0.253. The van der Waals surface area contributed by atoms with E-state index in [0.29, 0.717) is 13.0 Å². The lowest BCUT2D eigenvalue weighted by molar-refractivity contribution is -0.121. The van der Waals surface area contributed by atoms with E-state index in [-0.39, 0.29) is 11.8 Å². The van der Waals surface area contributed by atoms with Gasteiger partial charge < -0.3 is 10.4 Å². The van der Waals surface area contributed by atoms with Crippen molar-refractivity contribution in [2.75, 3.05) is 6.54 Å². The highest BCUT2D eigenvalue weighted by atomic mass is 16.3. The fourth-order valence-corrected chi connectivity index (χ4v) is 1.88. The summed E-state index contributed by atoms with van der Waals surface area (Å²) in [6.07, 6.45) is 2.76. The van der Waals surface area contributed by atoms with E-state index >= 15 is 0 Å². The number of carbonyl (C=O) groups excluding carboxylic acids is 1. The largest absolute Gasteiger partial charge is 0.391 e. The number of aliphatic hydroxyl groups is 1. The zero-order chi connectivity index (χ0) is 14.1. The van der Waals surface area contributed by atoms with Crippen LogP contribution in [0.25, 0.3) is 0 Å². The standard InChI is InChI=1S/C16H25NO2/c1-3-13(2)15(18)12-17-16(19)11-7-10-14-8-5-4-6-9-14/h4-6,8-9,13,15,18H,3,7,10-12H2,1-2H3,(H,17,19). The Labute approximate surface area is 116 Å². The van der Waals surface area contributed by atoms with Gasteiger partial charge in [-0.05, 0) is 24.3 Å². The maximum atomic E-state index is 11.6. The number of carbonyl (C=O) groups is 1. The fourth-order valence-electron chi connectivity index (χ4n) is 1.88. The number of hydrogen-bond donors (Lipinski definition) is 2. The lowest BCUT2D eigenvalue weighted by Gasteiger charge is -2.17. The highest BCUT2D eigenvalue weighted by Crippen LogP contribution is 2.07. The van der Waals surface area contributed by atoms with Crippen LogP contribution in [0.5, 0.6) is 0 Å². The Kier molecular flexibility index (Phi) is 7.19. The summed E-state index contributed by atoms with van der Waals surface area (Å²) in [5, 5.41) is 12.6. The second-order valence-corrected chi connectivity index (χ2v) is 5.10. The Morgan fingerprint density at radius 1 is 1.32 bits per heavy atom. The monoisotopic (exact) mass is 263 g/mol. The van der Waals surface area contributed by atoms with E-state index in [0.717, 1.165) is 19.3 Å². The molecule has 0 aromatic heterocycles. The third kappa shape index (κ3) is 6.39. The third-order valence-electron chi connectivity index (χ3n) is 3.52. The van der Waals surface area contributed by atoms with Crippen LogP contribution >= 0.6 is 0 Å². The first-order valence-electron chi connectivity index (χ1n) is 7.12. The minimum Gasteiger partial charge on any atom is -0.391 e. The Bertz CT molecular complexity index is 364. The van der Waals surface area contributed by atoms with Gasteiger partial charge in [0.1, 0.15) is 0 Å². The zero-order valence-corrected chi connectivity index (χ0v) is 11.9. The molecule has 0 aliphatic heterocycles. The smallest absolute Gasteiger partial charge is 0.220 e. The minimum atomic E-state index is -0.442. The van der Waals surface area contributed by atoms with Gasteiger partial charge in [0, 0.05) is 13.0 Å². The summed E-state index contributed by atoms with van der Waals surface area (Å²) < 4.78 is 0. The summed E-state index contributed by atoms with van der Waals surface area (Å²) in [6, 6.07) is 10.2. The topological polar surface area (TPSA) is 49.3 Å². The molecule has 0 aliphatic carbocycles. The number of benzene rings is 1. The number of amides is 1. The van der Waals surface area contributed by atoms with Gasteiger partial charge in [-0.2, -0.15) is 0 Å². The van der Waals surface area contributed by atoms with E-state index < -0.39 is 6.10 Å². The molecule has 0 heterocycles. The molecule has 1 aromatic rings. The quantitative estimate of drug-likeness (QED) is 0.757. The summed E-state index contributed by atoms with van der Waals surface area (Å²) >= 11 is 0. The van der Waals surface area contributed by atoms with Gasteiger partial charge in [-0.25, -0.2) is 0 Å². The van der Waals surface area contributed by atoms with Crippen LogP contribution in [0.15, 0.2) is 30.3 Å². The average Bonchev–Trinajstić information content (AvgIpc) is 2.45. The van der Waals surface area contributed by atoms with Crippen molar-refractivity contribution in [3.8, 4) is 0 Å². The molecule has 3 heteroatoms. The van der Waals surface area contributed by atoms with E-state index in [1.807, 2.05) is 32.0 Å². The molecule has 2 unspecified atom stereocenters. The van der Waals surface area contributed by atoms with Crippen LogP contribution in [-0.2, 0) is 11.2 Å². The van der Waals surface area contributed by atoms with Crippen molar-refractivity contribution in [1.29, 1.82) is 0 Å². The van der Waals surface area contributed by atoms with E-state index in [1.54, 1.807) is 0 Å². The predicted molar refractivity (Wildman–Crippen MR) is 77.9 cm³/mol. The van der Waals surface area contributed by atoms with Gasteiger partial charge in [0.2, 0.25) is 5.91 Å². The summed E-state index contributed by atoms with van der Waals surface area (Å²) in [7, 11) is 0. The number of hydrogen-bond acceptors (Lipinski definition) is 2. The van der Waals surface area contributed by atoms with Crippen molar-refractivity contribution < 1.29 is 9.90 Å². The molecule has 0 saturated carbocycles. The van der Waals surface area contributed by atoms with Gasteiger partial charge in [0.15, 0.2) is 0 Å².